The number of pyridine rings is 1. The van der Waals surface area contributed by atoms with Crippen LogP contribution in [0.5, 0.6) is 0 Å². The Kier molecular flexibility index (Phi) is 6.23. The molecule has 2 atom stereocenters. The van der Waals surface area contributed by atoms with Crippen molar-refractivity contribution in [3.05, 3.63) is 34.3 Å². The molecule has 0 aromatic carbocycles. The first-order valence-corrected chi connectivity index (χ1v) is 9.94. The van der Waals surface area contributed by atoms with Crippen molar-refractivity contribution in [2.24, 2.45) is 0 Å². The number of alkyl carbamates (subject to hydrolysis) is 1. The Morgan fingerprint density at radius 2 is 2.07 bits per heavy atom. The van der Waals surface area contributed by atoms with E-state index in [9.17, 15) is 14.9 Å². The van der Waals surface area contributed by atoms with E-state index in [1.165, 1.54) is 12.5 Å². The van der Waals surface area contributed by atoms with Crippen molar-refractivity contribution in [1.82, 2.24) is 15.3 Å². The van der Waals surface area contributed by atoms with Gasteiger partial charge in [0.1, 0.15) is 29.4 Å². The molecule has 0 saturated heterocycles. The number of nitrogens with zero attached hydrogens (tertiary/aromatic N) is 3. The molecule has 2 N–H and O–H groups in total. The largest absolute Gasteiger partial charge is 0.444 e. The molecule has 0 radical (unpaired) electrons. The number of amides is 1. The van der Waals surface area contributed by atoms with E-state index in [2.05, 4.69) is 20.6 Å². The number of carbonyl (C=O) groups excluding carboxylic acids is 1. The van der Waals surface area contributed by atoms with Gasteiger partial charge in [-0.2, -0.15) is 0 Å². The van der Waals surface area contributed by atoms with Gasteiger partial charge in [0, 0.05) is 12.1 Å². The van der Waals surface area contributed by atoms with E-state index in [0.29, 0.717) is 29.4 Å². The zero-order chi connectivity index (χ0) is 21.9. The van der Waals surface area contributed by atoms with E-state index in [1.54, 1.807) is 13.0 Å². The highest BCUT2D eigenvalue weighted by Crippen LogP contribution is 2.31. The van der Waals surface area contributed by atoms with E-state index in [1.807, 2.05) is 20.8 Å². The molecule has 1 aliphatic rings. The van der Waals surface area contributed by atoms with Crippen LogP contribution in [0.1, 0.15) is 52.1 Å². The fourth-order valence-electron chi connectivity index (χ4n) is 3.44. The lowest BCUT2D eigenvalue weighted by atomic mass is 9.91. The van der Waals surface area contributed by atoms with Crippen LogP contribution in [-0.2, 0) is 4.74 Å². The number of aromatic nitrogens is 2. The van der Waals surface area contributed by atoms with Gasteiger partial charge in [-0.05, 0) is 59.4 Å². The number of rotatable bonds is 5. The predicted molar refractivity (Wildman–Crippen MR) is 110 cm³/mol. The molecule has 2 heterocycles. The number of nitrogens with one attached hydrogen (secondary N) is 2. The molecule has 30 heavy (non-hydrogen) atoms. The van der Waals surface area contributed by atoms with Crippen molar-refractivity contribution >= 4 is 17.5 Å². The van der Waals surface area contributed by atoms with E-state index in [0.717, 1.165) is 19.3 Å². The van der Waals surface area contributed by atoms with Gasteiger partial charge in [-0.3, -0.25) is 10.1 Å². The van der Waals surface area contributed by atoms with Crippen molar-refractivity contribution in [2.45, 2.75) is 71.1 Å². The van der Waals surface area contributed by atoms with Crippen molar-refractivity contribution in [2.75, 3.05) is 5.32 Å². The van der Waals surface area contributed by atoms with Crippen molar-refractivity contribution in [1.29, 1.82) is 0 Å². The Hall–Kier alpha value is -3.17. The van der Waals surface area contributed by atoms with Gasteiger partial charge in [0.15, 0.2) is 0 Å². The number of aryl methyl sites for hydroxylation is 1. The SMILES string of the molecule is Cc1coc(-c2cc(N[C@@H]3CCC[C@H](NC(=O)OC(C)(C)C)C3)c([N+](=O)[O-])cn2)n1. The van der Waals surface area contributed by atoms with Crippen LogP contribution < -0.4 is 10.6 Å². The maximum atomic E-state index is 12.1. The number of nitro groups is 1. The third-order valence-corrected chi connectivity index (χ3v) is 4.67. The number of oxazole rings is 1. The summed E-state index contributed by atoms with van der Waals surface area (Å²) in [5, 5.41) is 17.6. The molecule has 3 rings (SSSR count). The summed E-state index contributed by atoms with van der Waals surface area (Å²) in [7, 11) is 0. The molecule has 10 heteroatoms. The fourth-order valence-corrected chi connectivity index (χ4v) is 3.44. The van der Waals surface area contributed by atoms with Crippen LogP contribution in [0.25, 0.3) is 11.6 Å². The van der Waals surface area contributed by atoms with Crippen LogP contribution in [0.2, 0.25) is 0 Å². The molecule has 0 aliphatic heterocycles. The highest BCUT2D eigenvalue weighted by Gasteiger charge is 2.27. The molecule has 2 aromatic rings. The van der Waals surface area contributed by atoms with E-state index < -0.39 is 16.6 Å². The third-order valence-electron chi connectivity index (χ3n) is 4.67. The summed E-state index contributed by atoms with van der Waals surface area (Å²) < 4.78 is 10.7. The summed E-state index contributed by atoms with van der Waals surface area (Å²) in [6.45, 7) is 7.23. The highest BCUT2D eigenvalue weighted by molar-refractivity contribution is 5.68. The topological polar surface area (TPSA) is 132 Å². The van der Waals surface area contributed by atoms with Crippen molar-refractivity contribution < 1.29 is 18.9 Å². The molecule has 0 bridgehead atoms. The summed E-state index contributed by atoms with van der Waals surface area (Å²) >= 11 is 0. The van der Waals surface area contributed by atoms with Crippen LogP contribution in [0.15, 0.2) is 22.9 Å². The Bertz CT molecular complexity index is 921. The molecule has 162 valence electrons. The minimum absolute atomic E-state index is 0.0427. The average molecular weight is 417 g/mol. The molecule has 1 fully saturated rings. The monoisotopic (exact) mass is 417 g/mol. The van der Waals surface area contributed by atoms with Crippen LogP contribution in [0.4, 0.5) is 16.2 Å². The number of anilines is 1. The molecular weight excluding hydrogens is 390 g/mol. The van der Waals surface area contributed by atoms with Gasteiger partial charge in [0.2, 0.25) is 5.89 Å². The number of ether oxygens (including phenoxy) is 1. The molecule has 10 nitrogen and oxygen atoms in total. The summed E-state index contributed by atoms with van der Waals surface area (Å²) in [5.74, 6) is 0.304. The molecule has 2 aromatic heterocycles. The minimum Gasteiger partial charge on any atom is -0.444 e. The molecule has 0 spiro atoms. The predicted octanol–water partition coefficient (Wildman–Crippen LogP) is 4.20. The Morgan fingerprint density at radius 1 is 1.33 bits per heavy atom. The molecule has 1 aliphatic carbocycles. The van der Waals surface area contributed by atoms with Crippen LogP contribution in [-0.4, -0.2) is 38.7 Å². The first-order chi connectivity index (χ1) is 14.1. The average Bonchev–Trinajstić information content (AvgIpc) is 3.06. The van der Waals surface area contributed by atoms with Crippen LogP contribution in [0, 0.1) is 17.0 Å². The molecule has 1 amide bonds. The van der Waals surface area contributed by atoms with Crippen molar-refractivity contribution in [3.63, 3.8) is 0 Å². The number of hydrogen-bond donors (Lipinski definition) is 2. The Morgan fingerprint density at radius 3 is 2.70 bits per heavy atom. The summed E-state index contributed by atoms with van der Waals surface area (Å²) in [6, 6.07) is 1.47. The van der Waals surface area contributed by atoms with Crippen LogP contribution >= 0.6 is 0 Å². The van der Waals surface area contributed by atoms with E-state index in [-0.39, 0.29) is 17.8 Å². The number of hydrogen-bond acceptors (Lipinski definition) is 8. The highest BCUT2D eigenvalue weighted by atomic mass is 16.6. The molecule has 1 saturated carbocycles. The standard InChI is InChI=1S/C20H27N5O5/c1-12-11-29-18(22-12)16-9-15(17(10-21-16)25(27)28)23-13-6-5-7-14(8-13)24-19(26)30-20(2,3)4/h9-11,13-14H,5-8H2,1-4H3,(H,21,23)(H,24,26)/t13-,14+/m1/s1. The smallest absolute Gasteiger partial charge is 0.407 e. The zero-order valence-electron chi connectivity index (χ0n) is 17.6. The maximum absolute atomic E-state index is 12.1. The number of carbonyl (C=O) groups is 1. The normalized spacial score (nSPS) is 19.2. The summed E-state index contributed by atoms with van der Waals surface area (Å²) in [4.78, 5) is 31.4. The Labute approximate surface area is 174 Å². The Balaban J connectivity index is 1.72. The lowest BCUT2D eigenvalue weighted by Crippen LogP contribution is -2.43. The molecule has 0 unspecified atom stereocenters. The fraction of sp³-hybridized carbons (Fsp3) is 0.550. The lowest BCUT2D eigenvalue weighted by molar-refractivity contribution is -0.384. The van der Waals surface area contributed by atoms with Gasteiger partial charge in [-0.25, -0.2) is 14.8 Å². The summed E-state index contributed by atoms with van der Waals surface area (Å²) in [5.41, 5.74) is 0.773. The van der Waals surface area contributed by atoms with Gasteiger partial charge in [0.05, 0.1) is 10.6 Å². The second kappa shape index (κ2) is 8.68. The van der Waals surface area contributed by atoms with Gasteiger partial charge in [-0.1, -0.05) is 0 Å². The second-order valence-corrected chi connectivity index (χ2v) is 8.49. The van der Waals surface area contributed by atoms with Gasteiger partial charge in [0.25, 0.3) is 0 Å². The maximum Gasteiger partial charge on any atom is 0.407 e. The van der Waals surface area contributed by atoms with Crippen molar-refractivity contribution in [3.8, 4) is 11.6 Å². The first-order valence-electron chi connectivity index (χ1n) is 9.94. The van der Waals surface area contributed by atoms with Gasteiger partial charge in [-0.15, -0.1) is 0 Å². The van der Waals surface area contributed by atoms with E-state index in [4.69, 9.17) is 9.15 Å². The van der Waals surface area contributed by atoms with Gasteiger partial charge >= 0.3 is 11.8 Å². The van der Waals surface area contributed by atoms with E-state index >= 15 is 0 Å². The third kappa shape index (κ3) is 5.68. The zero-order valence-corrected chi connectivity index (χ0v) is 17.6. The van der Waals surface area contributed by atoms with Gasteiger partial charge < -0.3 is 19.8 Å². The summed E-state index contributed by atoms with van der Waals surface area (Å²) in [6.07, 6.45) is 5.42. The first kappa shape index (κ1) is 21.5. The quantitative estimate of drug-likeness (QED) is 0.546. The van der Waals surface area contributed by atoms with Crippen LogP contribution in [0.3, 0.4) is 0 Å². The minimum atomic E-state index is -0.567. The second-order valence-electron chi connectivity index (χ2n) is 8.49. The lowest BCUT2D eigenvalue weighted by Gasteiger charge is -2.31. The molecular formula is C20H27N5O5.